The number of ether oxygens (including phenoxy) is 3. The summed E-state index contributed by atoms with van der Waals surface area (Å²) in [5.41, 5.74) is 3.75. The molecule has 1 aliphatic rings. The minimum atomic E-state index is -0.989. The second-order valence-electron chi connectivity index (χ2n) is 9.30. The Bertz CT molecular complexity index is 1350. The molecular weight excluding hydrogens is 476 g/mol. The maximum absolute atomic E-state index is 11.5. The average Bonchev–Trinajstić information content (AvgIpc) is 3.39. The summed E-state index contributed by atoms with van der Waals surface area (Å²) in [7, 11) is 0. The second-order valence-corrected chi connectivity index (χ2v) is 9.30. The standard InChI is InChI=1S/C32H32N2O4/c1-2-12-27-19-34-28(23-36-20-24-13-6-3-7-14-24)30(37-21-25-15-8-4-9-16-25)31(29(35)32(34)33-27)38-22-26-17-10-5-11-18-26/h3-11,13-19,28-31,35H,20-23H2,1H3/t28?,29?,30-,31+/m1/s1. The fraction of sp³-hybridized carbons (Fsp3) is 0.281. The minimum absolute atomic E-state index is 0.276. The number of imidazole rings is 1. The van der Waals surface area contributed by atoms with Gasteiger partial charge >= 0.3 is 0 Å². The van der Waals surface area contributed by atoms with E-state index in [9.17, 15) is 5.11 Å². The van der Waals surface area contributed by atoms with Crippen LogP contribution in [0, 0.1) is 11.8 Å². The quantitative estimate of drug-likeness (QED) is 0.297. The van der Waals surface area contributed by atoms with Crippen molar-refractivity contribution < 1.29 is 19.3 Å². The van der Waals surface area contributed by atoms with Crippen molar-refractivity contribution >= 4 is 0 Å². The normalized spacial score (nSPS) is 20.4. The molecular formula is C32H32N2O4. The molecule has 6 nitrogen and oxygen atoms in total. The van der Waals surface area contributed by atoms with Gasteiger partial charge in [0.05, 0.1) is 32.5 Å². The Morgan fingerprint density at radius 1 is 0.763 bits per heavy atom. The minimum Gasteiger partial charge on any atom is -0.382 e. The zero-order valence-electron chi connectivity index (χ0n) is 21.4. The van der Waals surface area contributed by atoms with Gasteiger partial charge in [-0.2, -0.15) is 0 Å². The second kappa shape index (κ2) is 12.7. The van der Waals surface area contributed by atoms with Gasteiger partial charge < -0.3 is 23.9 Å². The SMILES string of the molecule is CC#Cc1cn2c(n1)C(O)[C@H](OCc1ccccc1)[C@H](OCc1ccccc1)C2COCc1ccccc1. The third kappa shape index (κ3) is 6.21. The predicted molar refractivity (Wildman–Crippen MR) is 145 cm³/mol. The van der Waals surface area contributed by atoms with Crippen molar-refractivity contribution in [3.8, 4) is 11.8 Å². The lowest BCUT2D eigenvalue weighted by Gasteiger charge is -2.41. The fourth-order valence-electron chi connectivity index (χ4n) is 4.76. The Kier molecular flexibility index (Phi) is 8.64. The van der Waals surface area contributed by atoms with Crippen LogP contribution in [0.4, 0.5) is 0 Å². The van der Waals surface area contributed by atoms with Crippen LogP contribution in [0.15, 0.2) is 97.2 Å². The molecule has 0 saturated heterocycles. The molecule has 5 rings (SSSR count). The van der Waals surface area contributed by atoms with Gasteiger partial charge in [0.15, 0.2) is 0 Å². The van der Waals surface area contributed by atoms with Crippen molar-refractivity contribution in [3.05, 3.63) is 125 Å². The number of hydrogen-bond acceptors (Lipinski definition) is 5. The van der Waals surface area contributed by atoms with Crippen LogP contribution in [-0.2, 0) is 34.0 Å². The molecule has 0 saturated carbocycles. The Hall–Kier alpha value is -3.73. The van der Waals surface area contributed by atoms with Gasteiger partial charge in [-0.05, 0) is 29.5 Å². The van der Waals surface area contributed by atoms with Crippen molar-refractivity contribution in [2.24, 2.45) is 0 Å². The maximum atomic E-state index is 11.5. The molecule has 0 bridgehead atoms. The van der Waals surface area contributed by atoms with Gasteiger partial charge in [-0.25, -0.2) is 4.98 Å². The number of hydrogen-bond donors (Lipinski definition) is 1. The first-order valence-electron chi connectivity index (χ1n) is 12.8. The van der Waals surface area contributed by atoms with Crippen LogP contribution in [0.25, 0.3) is 0 Å². The van der Waals surface area contributed by atoms with E-state index >= 15 is 0 Å². The van der Waals surface area contributed by atoms with Crippen LogP contribution >= 0.6 is 0 Å². The summed E-state index contributed by atoms with van der Waals surface area (Å²) in [6.45, 7) is 3.31. The van der Waals surface area contributed by atoms with Crippen LogP contribution in [0.3, 0.4) is 0 Å². The molecule has 0 fully saturated rings. The molecule has 4 atom stereocenters. The van der Waals surface area contributed by atoms with Gasteiger partial charge in [0.25, 0.3) is 0 Å². The van der Waals surface area contributed by atoms with Crippen LogP contribution in [0.2, 0.25) is 0 Å². The highest BCUT2D eigenvalue weighted by Gasteiger charge is 2.45. The molecule has 1 N–H and O–H groups in total. The highest BCUT2D eigenvalue weighted by molar-refractivity contribution is 5.29. The Morgan fingerprint density at radius 2 is 1.29 bits per heavy atom. The number of rotatable bonds is 10. The Morgan fingerprint density at radius 3 is 1.84 bits per heavy atom. The van der Waals surface area contributed by atoms with Crippen LogP contribution < -0.4 is 0 Å². The van der Waals surface area contributed by atoms with E-state index in [2.05, 4.69) is 16.8 Å². The molecule has 4 aromatic rings. The number of aliphatic hydroxyl groups is 1. The van der Waals surface area contributed by atoms with Crippen molar-refractivity contribution in [1.29, 1.82) is 0 Å². The highest BCUT2D eigenvalue weighted by Crippen LogP contribution is 2.37. The Labute approximate surface area is 223 Å². The fourth-order valence-corrected chi connectivity index (χ4v) is 4.76. The van der Waals surface area contributed by atoms with Crippen molar-refractivity contribution in [2.75, 3.05) is 6.61 Å². The molecule has 6 heteroatoms. The molecule has 0 radical (unpaired) electrons. The molecule has 2 unspecified atom stereocenters. The zero-order chi connectivity index (χ0) is 26.2. The first kappa shape index (κ1) is 25.9. The summed E-state index contributed by atoms with van der Waals surface area (Å²) in [6.07, 6.45) is -0.259. The molecule has 3 aromatic carbocycles. The molecule has 1 aliphatic heterocycles. The van der Waals surface area contributed by atoms with E-state index in [1.54, 1.807) is 6.92 Å². The van der Waals surface area contributed by atoms with Crippen LogP contribution in [0.5, 0.6) is 0 Å². The van der Waals surface area contributed by atoms with Crippen molar-refractivity contribution in [3.63, 3.8) is 0 Å². The molecule has 0 spiro atoms. The number of benzene rings is 3. The summed E-state index contributed by atoms with van der Waals surface area (Å²) in [5.74, 6) is 6.43. The van der Waals surface area contributed by atoms with Gasteiger partial charge in [-0.3, -0.25) is 0 Å². The third-order valence-corrected chi connectivity index (χ3v) is 6.62. The van der Waals surface area contributed by atoms with Gasteiger partial charge in [0, 0.05) is 6.20 Å². The molecule has 38 heavy (non-hydrogen) atoms. The summed E-state index contributed by atoms with van der Waals surface area (Å²) in [4.78, 5) is 4.64. The largest absolute Gasteiger partial charge is 0.382 e. The monoisotopic (exact) mass is 508 g/mol. The van der Waals surface area contributed by atoms with E-state index < -0.39 is 18.3 Å². The van der Waals surface area contributed by atoms with Gasteiger partial charge in [-0.15, -0.1) is 0 Å². The molecule has 0 amide bonds. The molecule has 1 aromatic heterocycles. The Balaban J connectivity index is 1.45. The molecule has 194 valence electrons. The third-order valence-electron chi connectivity index (χ3n) is 6.62. The van der Waals surface area contributed by atoms with E-state index in [-0.39, 0.29) is 6.04 Å². The smallest absolute Gasteiger partial charge is 0.142 e. The van der Waals surface area contributed by atoms with Crippen molar-refractivity contribution in [2.45, 2.75) is 51.1 Å². The predicted octanol–water partition coefficient (Wildman–Crippen LogP) is 5.23. The summed E-state index contributed by atoms with van der Waals surface area (Å²) in [5, 5.41) is 11.5. The van der Waals surface area contributed by atoms with Gasteiger partial charge in [0.2, 0.25) is 0 Å². The van der Waals surface area contributed by atoms with Gasteiger partial charge in [0.1, 0.15) is 29.8 Å². The van der Waals surface area contributed by atoms with Crippen molar-refractivity contribution in [1.82, 2.24) is 9.55 Å². The number of aliphatic hydroxyl groups excluding tert-OH is 1. The maximum Gasteiger partial charge on any atom is 0.142 e. The number of fused-ring (bicyclic) bond motifs is 1. The lowest BCUT2D eigenvalue weighted by atomic mass is 9.95. The zero-order valence-corrected chi connectivity index (χ0v) is 21.4. The first-order valence-corrected chi connectivity index (χ1v) is 12.8. The topological polar surface area (TPSA) is 65.7 Å². The lowest BCUT2D eigenvalue weighted by molar-refractivity contribution is -0.172. The highest BCUT2D eigenvalue weighted by atomic mass is 16.6. The summed E-state index contributed by atoms with van der Waals surface area (Å²) >= 11 is 0. The molecule has 2 heterocycles. The first-order chi connectivity index (χ1) is 18.7. The number of nitrogens with zero attached hydrogens (tertiary/aromatic N) is 2. The average molecular weight is 509 g/mol. The molecule has 0 aliphatic carbocycles. The van der Waals surface area contributed by atoms with E-state index in [0.29, 0.717) is 37.9 Å². The lowest BCUT2D eigenvalue weighted by Crippen LogP contribution is -2.49. The van der Waals surface area contributed by atoms with E-state index in [1.165, 1.54) is 0 Å². The summed E-state index contributed by atoms with van der Waals surface area (Å²) < 4.78 is 21.1. The van der Waals surface area contributed by atoms with Crippen LogP contribution in [-0.4, -0.2) is 33.5 Å². The van der Waals surface area contributed by atoms with Gasteiger partial charge in [-0.1, -0.05) is 96.9 Å². The summed E-state index contributed by atoms with van der Waals surface area (Å²) in [6, 6.07) is 29.7. The number of aromatic nitrogens is 2. The van der Waals surface area contributed by atoms with E-state index in [4.69, 9.17) is 14.2 Å². The van der Waals surface area contributed by atoms with E-state index in [1.807, 2.05) is 102 Å². The van der Waals surface area contributed by atoms with Crippen LogP contribution in [0.1, 0.15) is 47.3 Å². The van der Waals surface area contributed by atoms with E-state index in [0.717, 1.165) is 16.7 Å².